The lowest BCUT2D eigenvalue weighted by Crippen LogP contribution is -2.43. The van der Waals surface area contributed by atoms with Crippen LogP contribution in [0.5, 0.6) is 0 Å². The van der Waals surface area contributed by atoms with Crippen LogP contribution in [0.15, 0.2) is 29.4 Å². The number of hydrogen-bond acceptors (Lipinski definition) is 3. The number of hydrogen-bond donors (Lipinski definition) is 2. The molecule has 1 aromatic heterocycles. The molecule has 2 rings (SSSR count). The third-order valence-corrected chi connectivity index (χ3v) is 4.22. The summed E-state index contributed by atoms with van der Waals surface area (Å²) in [6, 6.07) is 6.02. The van der Waals surface area contributed by atoms with Crippen molar-refractivity contribution in [1.82, 2.24) is 20.5 Å². The number of likely N-dealkylation sites (tertiary alicyclic amines) is 1. The van der Waals surface area contributed by atoms with Gasteiger partial charge in [0, 0.05) is 45.0 Å². The molecule has 130 valence electrons. The van der Waals surface area contributed by atoms with Gasteiger partial charge in [-0.1, -0.05) is 13.0 Å². The van der Waals surface area contributed by atoms with Gasteiger partial charge >= 0.3 is 0 Å². The van der Waals surface area contributed by atoms with Gasteiger partial charge in [0.1, 0.15) is 0 Å². The third kappa shape index (κ3) is 7.97. The van der Waals surface area contributed by atoms with E-state index in [0.29, 0.717) is 0 Å². The molecule has 0 saturated carbocycles. The SMILES string of the molecule is CN=C(NCCc1ccccn1)NCCN1CCC(C)CC1.I. The van der Waals surface area contributed by atoms with Crippen LogP contribution in [-0.2, 0) is 6.42 Å². The molecule has 0 radical (unpaired) electrons. The van der Waals surface area contributed by atoms with E-state index in [9.17, 15) is 0 Å². The Balaban J connectivity index is 0.00000264. The first-order chi connectivity index (χ1) is 10.8. The summed E-state index contributed by atoms with van der Waals surface area (Å²) >= 11 is 0. The molecular weight excluding hydrogens is 401 g/mol. The number of halogens is 1. The van der Waals surface area contributed by atoms with Crippen molar-refractivity contribution in [3.8, 4) is 0 Å². The summed E-state index contributed by atoms with van der Waals surface area (Å²) in [5, 5.41) is 6.73. The van der Waals surface area contributed by atoms with Gasteiger partial charge in [0.15, 0.2) is 5.96 Å². The van der Waals surface area contributed by atoms with E-state index >= 15 is 0 Å². The fourth-order valence-electron chi connectivity index (χ4n) is 2.69. The van der Waals surface area contributed by atoms with Crippen LogP contribution in [-0.4, -0.2) is 55.6 Å². The van der Waals surface area contributed by atoms with E-state index < -0.39 is 0 Å². The third-order valence-electron chi connectivity index (χ3n) is 4.22. The van der Waals surface area contributed by atoms with Crippen molar-refractivity contribution in [1.29, 1.82) is 0 Å². The standard InChI is InChI=1S/C17H29N5.HI/c1-15-7-12-22(13-8-15)14-11-21-17(18-2)20-10-6-16-5-3-4-9-19-16;/h3-5,9,15H,6-8,10-14H2,1-2H3,(H2,18,20,21);1H. The molecule has 0 aromatic carbocycles. The molecule has 1 aromatic rings. The molecule has 23 heavy (non-hydrogen) atoms. The smallest absolute Gasteiger partial charge is 0.191 e. The van der Waals surface area contributed by atoms with Gasteiger partial charge < -0.3 is 15.5 Å². The Labute approximate surface area is 157 Å². The summed E-state index contributed by atoms with van der Waals surface area (Å²) in [6.45, 7) is 7.69. The Bertz CT molecular complexity index is 444. The molecule has 2 heterocycles. The van der Waals surface area contributed by atoms with Gasteiger partial charge in [0.2, 0.25) is 0 Å². The molecule has 6 heteroatoms. The van der Waals surface area contributed by atoms with Gasteiger partial charge in [-0.15, -0.1) is 24.0 Å². The van der Waals surface area contributed by atoms with Gasteiger partial charge in [-0.25, -0.2) is 0 Å². The summed E-state index contributed by atoms with van der Waals surface area (Å²) in [7, 11) is 1.82. The minimum Gasteiger partial charge on any atom is -0.356 e. The number of rotatable bonds is 6. The van der Waals surface area contributed by atoms with Crippen LogP contribution in [0.25, 0.3) is 0 Å². The number of nitrogens with one attached hydrogen (secondary N) is 2. The number of piperidine rings is 1. The fourth-order valence-corrected chi connectivity index (χ4v) is 2.69. The van der Waals surface area contributed by atoms with E-state index in [0.717, 1.165) is 43.6 Å². The second-order valence-electron chi connectivity index (χ2n) is 6.02. The van der Waals surface area contributed by atoms with Gasteiger partial charge in [-0.2, -0.15) is 0 Å². The predicted molar refractivity (Wildman–Crippen MR) is 108 cm³/mol. The number of nitrogens with zero attached hydrogens (tertiary/aromatic N) is 3. The minimum absolute atomic E-state index is 0. The Hall–Kier alpha value is -0.890. The van der Waals surface area contributed by atoms with E-state index in [1.165, 1.54) is 25.9 Å². The number of pyridine rings is 1. The Morgan fingerprint density at radius 1 is 1.26 bits per heavy atom. The molecule has 2 N–H and O–H groups in total. The molecule has 0 bridgehead atoms. The molecule has 5 nitrogen and oxygen atoms in total. The highest BCUT2D eigenvalue weighted by molar-refractivity contribution is 14.0. The zero-order valence-corrected chi connectivity index (χ0v) is 16.6. The lowest BCUT2D eigenvalue weighted by Gasteiger charge is -2.30. The summed E-state index contributed by atoms with van der Waals surface area (Å²) in [4.78, 5) is 11.1. The molecule has 0 unspecified atom stereocenters. The highest BCUT2D eigenvalue weighted by atomic mass is 127. The molecule has 0 spiro atoms. The maximum Gasteiger partial charge on any atom is 0.191 e. The average molecular weight is 431 g/mol. The van der Waals surface area contributed by atoms with Crippen LogP contribution in [0.1, 0.15) is 25.5 Å². The molecule has 1 saturated heterocycles. The van der Waals surface area contributed by atoms with E-state index in [4.69, 9.17) is 0 Å². The van der Waals surface area contributed by atoms with Crippen molar-refractivity contribution in [2.24, 2.45) is 10.9 Å². The molecule has 0 atom stereocenters. The number of guanidine groups is 1. The maximum atomic E-state index is 4.32. The summed E-state index contributed by atoms with van der Waals surface area (Å²) in [5.41, 5.74) is 1.10. The molecule has 0 amide bonds. The second kappa shape index (κ2) is 11.6. The van der Waals surface area contributed by atoms with Crippen LogP contribution < -0.4 is 10.6 Å². The summed E-state index contributed by atoms with van der Waals surface area (Å²) in [6.07, 6.45) is 5.40. The van der Waals surface area contributed by atoms with Crippen LogP contribution in [0.3, 0.4) is 0 Å². The molecule has 1 fully saturated rings. The van der Waals surface area contributed by atoms with Crippen molar-refractivity contribution < 1.29 is 0 Å². The van der Waals surface area contributed by atoms with Crippen LogP contribution in [0.2, 0.25) is 0 Å². The Morgan fingerprint density at radius 3 is 2.65 bits per heavy atom. The van der Waals surface area contributed by atoms with Crippen LogP contribution in [0, 0.1) is 5.92 Å². The first-order valence-corrected chi connectivity index (χ1v) is 8.34. The first kappa shape index (κ1) is 20.2. The maximum absolute atomic E-state index is 4.32. The largest absolute Gasteiger partial charge is 0.356 e. The lowest BCUT2D eigenvalue weighted by molar-refractivity contribution is 0.195. The highest BCUT2D eigenvalue weighted by Crippen LogP contribution is 2.14. The van der Waals surface area contributed by atoms with Crippen LogP contribution in [0.4, 0.5) is 0 Å². The minimum atomic E-state index is 0. The van der Waals surface area contributed by atoms with Crippen molar-refractivity contribution >= 4 is 29.9 Å². The average Bonchev–Trinajstić information content (AvgIpc) is 2.56. The topological polar surface area (TPSA) is 52.6 Å². The Kier molecular flexibility index (Phi) is 10.2. The lowest BCUT2D eigenvalue weighted by atomic mass is 9.99. The van der Waals surface area contributed by atoms with Gasteiger partial charge in [0.25, 0.3) is 0 Å². The van der Waals surface area contributed by atoms with E-state index in [-0.39, 0.29) is 24.0 Å². The first-order valence-electron chi connectivity index (χ1n) is 8.34. The Morgan fingerprint density at radius 2 is 2.00 bits per heavy atom. The number of aliphatic imine (C=N–C) groups is 1. The van der Waals surface area contributed by atoms with E-state index in [2.05, 4.69) is 38.5 Å². The molecular formula is C17H30IN5. The van der Waals surface area contributed by atoms with Crippen LogP contribution >= 0.6 is 24.0 Å². The normalized spacial score (nSPS) is 16.7. The van der Waals surface area contributed by atoms with Gasteiger partial charge in [-0.05, 0) is 44.0 Å². The number of aromatic nitrogens is 1. The summed E-state index contributed by atoms with van der Waals surface area (Å²) < 4.78 is 0. The summed E-state index contributed by atoms with van der Waals surface area (Å²) in [5.74, 6) is 1.77. The van der Waals surface area contributed by atoms with Crippen molar-refractivity contribution in [3.05, 3.63) is 30.1 Å². The van der Waals surface area contributed by atoms with E-state index in [1.54, 1.807) is 0 Å². The van der Waals surface area contributed by atoms with Gasteiger partial charge in [0.05, 0.1) is 0 Å². The quantitative estimate of drug-likeness (QED) is 0.412. The zero-order valence-electron chi connectivity index (χ0n) is 14.3. The van der Waals surface area contributed by atoms with Crippen molar-refractivity contribution in [3.63, 3.8) is 0 Å². The van der Waals surface area contributed by atoms with Crippen molar-refractivity contribution in [2.75, 3.05) is 39.8 Å². The predicted octanol–water partition coefficient (Wildman–Crippen LogP) is 2.14. The second-order valence-corrected chi connectivity index (χ2v) is 6.02. The zero-order chi connectivity index (χ0) is 15.6. The highest BCUT2D eigenvalue weighted by Gasteiger charge is 2.14. The molecule has 1 aliphatic rings. The van der Waals surface area contributed by atoms with Gasteiger partial charge in [-0.3, -0.25) is 9.98 Å². The van der Waals surface area contributed by atoms with Crippen molar-refractivity contribution in [2.45, 2.75) is 26.2 Å². The monoisotopic (exact) mass is 431 g/mol. The van der Waals surface area contributed by atoms with E-state index in [1.807, 2.05) is 25.4 Å². The molecule has 0 aliphatic carbocycles. The fraction of sp³-hybridized carbons (Fsp3) is 0.647. The molecule has 1 aliphatic heterocycles.